The molecular formula is C13H15F3N2OS. The van der Waals surface area contributed by atoms with E-state index in [1.54, 1.807) is 0 Å². The number of halogens is 3. The van der Waals surface area contributed by atoms with Gasteiger partial charge in [0.2, 0.25) is 5.91 Å². The first-order valence-electron chi connectivity index (χ1n) is 6.29. The number of alkyl halides is 3. The largest absolute Gasteiger partial charge is 0.416 e. The standard InChI is InChI=1S/C13H15F3N2OS/c14-13(15,16)8-4-5-10(9(17)7-8)20-11-3-1-2-6-18-12(11)19/h4-5,7,11H,1-3,6,17H2,(H,18,19). The Bertz CT molecular complexity index is 505. The van der Waals surface area contributed by atoms with Crippen molar-refractivity contribution in [2.45, 2.75) is 35.6 Å². The third kappa shape index (κ3) is 3.59. The summed E-state index contributed by atoms with van der Waals surface area (Å²) in [5.74, 6) is -0.0770. The maximum Gasteiger partial charge on any atom is 0.416 e. The summed E-state index contributed by atoms with van der Waals surface area (Å²) >= 11 is 1.23. The minimum absolute atomic E-state index is 0.0573. The summed E-state index contributed by atoms with van der Waals surface area (Å²) < 4.78 is 37.6. The highest BCUT2D eigenvalue weighted by Gasteiger charge is 2.31. The predicted molar refractivity (Wildman–Crippen MR) is 72.4 cm³/mol. The number of thioether (sulfide) groups is 1. The van der Waals surface area contributed by atoms with Gasteiger partial charge in [-0.05, 0) is 31.0 Å². The molecule has 1 atom stereocenters. The molecule has 7 heteroatoms. The number of hydrogen-bond donors (Lipinski definition) is 2. The molecule has 1 aromatic rings. The van der Waals surface area contributed by atoms with Crippen LogP contribution >= 0.6 is 11.8 Å². The van der Waals surface area contributed by atoms with Gasteiger partial charge in [0, 0.05) is 17.1 Å². The second-order valence-electron chi connectivity index (χ2n) is 4.64. The number of carbonyl (C=O) groups is 1. The first kappa shape index (κ1) is 15.0. The zero-order chi connectivity index (χ0) is 14.8. The molecule has 1 aromatic carbocycles. The summed E-state index contributed by atoms with van der Waals surface area (Å²) in [7, 11) is 0. The normalized spacial score (nSPS) is 20.4. The molecule has 0 spiro atoms. The van der Waals surface area contributed by atoms with E-state index in [-0.39, 0.29) is 16.8 Å². The minimum Gasteiger partial charge on any atom is -0.398 e. The molecule has 0 aliphatic carbocycles. The van der Waals surface area contributed by atoms with Gasteiger partial charge in [0.05, 0.1) is 10.8 Å². The fourth-order valence-electron chi connectivity index (χ4n) is 2.01. The number of anilines is 1. The molecule has 1 heterocycles. The van der Waals surface area contributed by atoms with Gasteiger partial charge < -0.3 is 11.1 Å². The van der Waals surface area contributed by atoms with Gasteiger partial charge in [0.1, 0.15) is 0 Å². The van der Waals surface area contributed by atoms with Crippen LogP contribution in [0.15, 0.2) is 23.1 Å². The van der Waals surface area contributed by atoms with E-state index >= 15 is 0 Å². The van der Waals surface area contributed by atoms with Crippen LogP contribution in [-0.2, 0) is 11.0 Å². The number of nitrogens with one attached hydrogen (secondary N) is 1. The third-order valence-corrected chi connectivity index (χ3v) is 4.45. The molecule has 1 aliphatic rings. The summed E-state index contributed by atoms with van der Waals surface area (Å²) in [5, 5.41) is 2.49. The van der Waals surface area contributed by atoms with Gasteiger partial charge in [0.15, 0.2) is 0 Å². The van der Waals surface area contributed by atoms with Crippen LogP contribution in [0.25, 0.3) is 0 Å². The first-order valence-corrected chi connectivity index (χ1v) is 7.17. The van der Waals surface area contributed by atoms with Gasteiger partial charge in [-0.1, -0.05) is 6.42 Å². The summed E-state index contributed by atoms with van der Waals surface area (Å²) in [6.45, 7) is 0.651. The Balaban J connectivity index is 2.15. The van der Waals surface area contributed by atoms with Crippen molar-refractivity contribution in [3.05, 3.63) is 23.8 Å². The molecule has 0 saturated carbocycles. The first-order chi connectivity index (χ1) is 9.38. The van der Waals surface area contributed by atoms with E-state index in [1.165, 1.54) is 17.8 Å². The molecule has 2 rings (SSSR count). The quantitative estimate of drug-likeness (QED) is 0.826. The summed E-state index contributed by atoms with van der Waals surface area (Å²) in [6, 6.07) is 3.24. The smallest absolute Gasteiger partial charge is 0.398 e. The van der Waals surface area contributed by atoms with Gasteiger partial charge in [0.25, 0.3) is 0 Å². The average Bonchev–Trinajstić information content (AvgIpc) is 2.56. The zero-order valence-corrected chi connectivity index (χ0v) is 11.5. The number of nitrogens with two attached hydrogens (primary N) is 1. The predicted octanol–water partition coefficient (Wildman–Crippen LogP) is 3.05. The average molecular weight is 304 g/mol. The van der Waals surface area contributed by atoms with E-state index in [4.69, 9.17) is 5.73 Å². The number of benzene rings is 1. The molecule has 1 amide bonds. The van der Waals surface area contributed by atoms with Gasteiger partial charge >= 0.3 is 6.18 Å². The van der Waals surface area contributed by atoms with E-state index < -0.39 is 11.7 Å². The Kier molecular flexibility index (Phi) is 4.47. The monoisotopic (exact) mass is 304 g/mol. The van der Waals surface area contributed by atoms with Crippen molar-refractivity contribution in [3.63, 3.8) is 0 Å². The molecule has 3 N–H and O–H groups in total. The number of rotatable bonds is 2. The van der Waals surface area contributed by atoms with E-state index in [9.17, 15) is 18.0 Å². The molecule has 1 aliphatic heterocycles. The van der Waals surface area contributed by atoms with Gasteiger partial charge in [-0.2, -0.15) is 13.2 Å². The minimum atomic E-state index is -4.41. The van der Waals surface area contributed by atoms with Crippen molar-refractivity contribution in [1.29, 1.82) is 0 Å². The molecule has 1 unspecified atom stereocenters. The van der Waals surface area contributed by atoms with E-state index in [0.29, 0.717) is 17.9 Å². The highest BCUT2D eigenvalue weighted by atomic mass is 32.2. The van der Waals surface area contributed by atoms with E-state index in [0.717, 1.165) is 25.0 Å². The van der Waals surface area contributed by atoms with Crippen molar-refractivity contribution in [1.82, 2.24) is 5.32 Å². The van der Waals surface area contributed by atoms with Crippen molar-refractivity contribution >= 4 is 23.4 Å². The van der Waals surface area contributed by atoms with Crippen LogP contribution in [0, 0.1) is 0 Å². The lowest BCUT2D eigenvalue weighted by Gasteiger charge is -2.15. The summed E-state index contributed by atoms with van der Waals surface area (Å²) in [5.41, 5.74) is 4.95. The SMILES string of the molecule is Nc1cc(C(F)(F)F)ccc1SC1CCCCNC1=O. The Labute approximate surface area is 119 Å². The van der Waals surface area contributed by atoms with Gasteiger partial charge in [-0.25, -0.2) is 0 Å². The Morgan fingerprint density at radius 1 is 1.30 bits per heavy atom. The lowest BCUT2D eigenvalue weighted by atomic mass is 10.2. The Morgan fingerprint density at radius 2 is 2.05 bits per heavy atom. The molecule has 0 aromatic heterocycles. The molecule has 3 nitrogen and oxygen atoms in total. The van der Waals surface area contributed by atoms with Crippen LogP contribution in [0.2, 0.25) is 0 Å². The highest BCUT2D eigenvalue weighted by molar-refractivity contribution is 8.00. The van der Waals surface area contributed by atoms with Crippen molar-refractivity contribution < 1.29 is 18.0 Å². The number of hydrogen-bond acceptors (Lipinski definition) is 3. The zero-order valence-electron chi connectivity index (χ0n) is 10.7. The molecule has 0 radical (unpaired) electrons. The summed E-state index contributed by atoms with van der Waals surface area (Å²) in [4.78, 5) is 12.3. The van der Waals surface area contributed by atoms with Crippen LogP contribution in [-0.4, -0.2) is 17.7 Å². The van der Waals surface area contributed by atoms with Crippen LogP contribution in [0.1, 0.15) is 24.8 Å². The van der Waals surface area contributed by atoms with Crippen LogP contribution in [0.3, 0.4) is 0 Å². The number of nitrogen functional groups attached to an aromatic ring is 1. The van der Waals surface area contributed by atoms with Crippen LogP contribution in [0.5, 0.6) is 0 Å². The Hall–Kier alpha value is -1.37. The molecular weight excluding hydrogens is 289 g/mol. The third-order valence-electron chi connectivity index (χ3n) is 3.09. The molecule has 20 heavy (non-hydrogen) atoms. The fraction of sp³-hybridized carbons (Fsp3) is 0.462. The topological polar surface area (TPSA) is 55.1 Å². The highest BCUT2D eigenvalue weighted by Crippen LogP contribution is 2.36. The number of amides is 1. The van der Waals surface area contributed by atoms with Gasteiger partial charge in [-0.3, -0.25) is 4.79 Å². The van der Waals surface area contributed by atoms with Crippen molar-refractivity contribution in [2.75, 3.05) is 12.3 Å². The lowest BCUT2D eigenvalue weighted by molar-refractivity contribution is -0.137. The molecule has 110 valence electrons. The van der Waals surface area contributed by atoms with E-state index in [2.05, 4.69) is 5.32 Å². The molecule has 1 fully saturated rings. The van der Waals surface area contributed by atoms with Gasteiger partial charge in [-0.15, -0.1) is 11.8 Å². The summed E-state index contributed by atoms with van der Waals surface area (Å²) in [6.07, 6.45) is -1.86. The lowest BCUT2D eigenvalue weighted by Crippen LogP contribution is -2.30. The molecule has 1 saturated heterocycles. The second kappa shape index (κ2) is 5.95. The van der Waals surface area contributed by atoms with Crippen LogP contribution < -0.4 is 11.1 Å². The molecule has 0 bridgehead atoms. The number of carbonyl (C=O) groups excluding carboxylic acids is 1. The van der Waals surface area contributed by atoms with Crippen molar-refractivity contribution in [3.8, 4) is 0 Å². The van der Waals surface area contributed by atoms with Crippen molar-refractivity contribution in [2.24, 2.45) is 0 Å². The second-order valence-corrected chi connectivity index (χ2v) is 5.89. The fourth-order valence-corrected chi connectivity index (χ4v) is 3.13. The maximum absolute atomic E-state index is 12.5. The Morgan fingerprint density at radius 3 is 2.70 bits per heavy atom. The maximum atomic E-state index is 12.5. The van der Waals surface area contributed by atoms with E-state index in [1.807, 2.05) is 0 Å². The van der Waals surface area contributed by atoms with Crippen LogP contribution in [0.4, 0.5) is 18.9 Å².